The molecule has 1 N–H and O–H groups in total. The average Bonchev–Trinajstić information content (AvgIpc) is 3.26. The van der Waals surface area contributed by atoms with E-state index in [1.54, 1.807) is 22.9 Å². The van der Waals surface area contributed by atoms with Crippen LogP contribution in [0.1, 0.15) is 41.5 Å². The number of nitrogens with one attached hydrogen (secondary N) is 1. The first-order valence-electron chi connectivity index (χ1n) is 7.90. The van der Waals surface area contributed by atoms with Crippen molar-refractivity contribution < 1.29 is 0 Å². The van der Waals surface area contributed by atoms with Crippen molar-refractivity contribution in [3.8, 4) is 11.4 Å². The van der Waals surface area contributed by atoms with Crippen LogP contribution in [0.15, 0.2) is 29.7 Å². The Morgan fingerprint density at radius 2 is 2.05 bits per heavy atom. The molecular weight excluding hydrogens is 310 g/mol. The number of rotatable bonds is 3. The number of hydrogen-bond acceptors (Lipinski definition) is 5. The molecule has 1 saturated heterocycles. The van der Waals surface area contributed by atoms with E-state index in [1.807, 2.05) is 0 Å². The van der Waals surface area contributed by atoms with Gasteiger partial charge in [-0.15, -0.1) is 11.3 Å². The van der Waals surface area contributed by atoms with E-state index in [9.17, 15) is 0 Å². The quantitative estimate of drug-likeness (QED) is 0.903. The van der Waals surface area contributed by atoms with Crippen molar-refractivity contribution in [1.29, 1.82) is 0 Å². The summed E-state index contributed by atoms with van der Waals surface area (Å²) in [6, 6.07) is 2.19. The zero-order chi connectivity index (χ0) is 14.8. The summed E-state index contributed by atoms with van der Waals surface area (Å²) in [5, 5.41) is 6.86. The first kappa shape index (κ1) is 14.3. The molecule has 114 valence electrons. The topological polar surface area (TPSA) is 37.8 Å². The van der Waals surface area contributed by atoms with E-state index in [1.165, 1.54) is 28.3 Å². The second-order valence-corrected chi connectivity index (χ2v) is 7.51. The van der Waals surface area contributed by atoms with Crippen LogP contribution >= 0.6 is 22.9 Å². The molecular formula is C17H19N3S2. The fourth-order valence-corrected chi connectivity index (χ4v) is 4.74. The number of thiazole rings is 1. The lowest BCUT2D eigenvalue weighted by Crippen LogP contribution is -2.26. The summed E-state index contributed by atoms with van der Waals surface area (Å²) in [7, 11) is 0. The Morgan fingerprint density at radius 1 is 1.14 bits per heavy atom. The molecule has 5 heteroatoms. The van der Waals surface area contributed by atoms with E-state index in [0.29, 0.717) is 5.92 Å². The van der Waals surface area contributed by atoms with E-state index >= 15 is 0 Å². The fourth-order valence-electron chi connectivity index (χ4n) is 2.99. The Kier molecular flexibility index (Phi) is 4.19. The molecule has 1 fully saturated rings. The Hall–Kier alpha value is -1.30. The third kappa shape index (κ3) is 2.93. The van der Waals surface area contributed by atoms with Crippen molar-refractivity contribution in [2.75, 3.05) is 13.1 Å². The summed E-state index contributed by atoms with van der Waals surface area (Å²) < 4.78 is 4.62. The average molecular weight is 329 g/mol. The number of aromatic nitrogens is 2. The van der Waals surface area contributed by atoms with Crippen LogP contribution in [0.4, 0.5) is 0 Å². The molecule has 0 amide bonds. The van der Waals surface area contributed by atoms with Crippen LogP contribution in [-0.4, -0.2) is 22.4 Å². The highest BCUT2D eigenvalue weighted by Crippen LogP contribution is 2.33. The van der Waals surface area contributed by atoms with Crippen molar-refractivity contribution in [2.24, 2.45) is 0 Å². The molecule has 3 heterocycles. The van der Waals surface area contributed by atoms with Crippen molar-refractivity contribution in [3.63, 3.8) is 0 Å². The predicted molar refractivity (Wildman–Crippen MR) is 94.4 cm³/mol. The minimum atomic E-state index is 0.627. The van der Waals surface area contributed by atoms with Gasteiger partial charge in [0.05, 0.1) is 9.88 Å². The van der Waals surface area contributed by atoms with Crippen LogP contribution in [-0.2, 0) is 0 Å². The second-order valence-electron chi connectivity index (χ2n) is 5.81. The van der Waals surface area contributed by atoms with Crippen LogP contribution in [0.2, 0.25) is 0 Å². The Labute approximate surface area is 139 Å². The Morgan fingerprint density at radius 3 is 2.86 bits per heavy atom. The Balaban J connectivity index is 1.55. The zero-order valence-corrected chi connectivity index (χ0v) is 14.1. The van der Waals surface area contributed by atoms with Gasteiger partial charge in [0.2, 0.25) is 0 Å². The third-order valence-corrected chi connectivity index (χ3v) is 6.11. The molecule has 0 unspecified atom stereocenters. The number of allylic oxidation sites excluding steroid dienone is 4. The molecule has 3 nitrogen and oxygen atoms in total. The van der Waals surface area contributed by atoms with Crippen LogP contribution < -0.4 is 5.32 Å². The van der Waals surface area contributed by atoms with Gasteiger partial charge >= 0.3 is 0 Å². The van der Waals surface area contributed by atoms with Gasteiger partial charge in [-0.2, -0.15) is 4.37 Å². The number of hydrogen-bond donors (Lipinski definition) is 1. The van der Waals surface area contributed by atoms with Crippen LogP contribution in [0.25, 0.3) is 17.0 Å². The van der Waals surface area contributed by atoms with Gasteiger partial charge in [-0.1, -0.05) is 18.2 Å². The minimum absolute atomic E-state index is 0.627. The fraction of sp³-hybridized carbons (Fsp3) is 0.412. The first-order valence-corrected chi connectivity index (χ1v) is 9.56. The second kappa shape index (κ2) is 6.44. The van der Waals surface area contributed by atoms with Gasteiger partial charge < -0.3 is 5.32 Å². The standard InChI is InChI=1S/C17H19N3S2/c1-2-4-12(5-3-1)16-10-14(20-22-16)15-11-21-17(19-15)13-6-8-18-9-7-13/h2,4-5,10-11,13,18H,1,3,6-9H2. The summed E-state index contributed by atoms with van der Waals surface area (Å²) in [5.74, 6) is 0.627. The first-order chi connectivity index (χ1) is 10.9. The third-order valence-electron chi connectivity index (χ3n) is 4.26. The summed E-state index contributed by atoms with van der Waals surface area (Å²) in [6.45, 7) is 2.22. The summed E-state index contributed by atoms with van der Waals surface area (Å²) >= 11 is 3.37. The van der Waals surface area contributed by atoms with Gasteiger partial charge in [0.1, 0.15) is 11.4 Å². The summed E-state index contributed by atoms with van der Waals surface area (Å²) in [4.78, 5) is 6.11. The Bertz CT molecular complexity index is 705. The van der Waals surface area contributed by atoms with Crippen LogP contribution in [0.5, 0.6) is 0 Å². The molecule has 0 radical (unpaired) electrons. The van der Waals surface area contributed by atoms with E-state index in [0.717, 1.165) is 37.3 Å². The van der Waals surface area contributed by atoms with Crippen molar-refractivity contribution >= 4 is 28.4 Å². The lowest BCUT2D eigenvalue weighted by atomic mass is 9.99. The summed E-state index contributed by atoms with van der Waals surface area (Å²) in [5.41, 5.74) is 3.38. The van der Waals surface area contributed by atoms with Gasteiger partial charge in [-0.05, 0) is 61.9 Å². The maximum atomic E-state index is 4.86. The zero-order valence-electron chi connectivity index (χ0n) is 12.4. The van der Waals surface area contributed by atoms with Gasteiger partial charge in [-0.3, -0.25) is 0 Å². The highest BCUT2D eigenvalue weighted by molar-refractivity contribution is 7.10. The normalized spacial score (nSPS) is 19.4. The maximum absolute atomic E-state index is 4.86. The van der Waals surface area contributed by atoms with E-state index < -0.39 is 0 Å². The number of piperidine rings is 1. The molecule has 0 aromatic carbocycles. The van der Waals surface area contributed by atoms with E-state index in [-0.39, 0.29) is 0 Å². The van der Waals surface area contributed by atoms with Gasteiger partial charge in [-0.25, -0.2) is 4.98 Å². The monoisotopic (exact) mass is 329 g/mol. The van der Waals surface area contributed by atoms with Gasteiger partial charge in [0.15, 0.2) is 0 Å². The molecule has 1 aliphatic carbocycles. The molecule has 0 spiro atoms. The van der Waals surface area contributed by atoms with Crippen molar-refractivity contribution in [3.05, 3.63) is 39.6 Å². The molecule has 2 aromatic rings. The highest BCUT2D eigenvalue weighted by Gasteiger charge is 2.19. The van der Waals surface area contributed by atoms with Gasteiger partial charge in [0.25, 0.3) is 0 Å². The number of nitrogens with zero attached hydrogens (tertiary/aromatic N) is 2. The van der Waals surface area contributed by atoms with E-state index in [4.69, 9.17) is 4.98 Å². The molecule has 2 aromatic heterocycles. The van der Waals surface area contributed by atoms with Crippen molar-refractivity contribution in [1.82, 2.24) is 14.7 Å². The lowest BCUT2D eigenvalue weighted by Gasteiger charge is -2.20. The smallest absolute Gasteiger partial charge is 0.104 e. The highest BCUT2D eigenvalue weighted by atomic mass is 32.1. The molecule has 0 atom stereocenters. The van der Waals surface area contributed by atoms with E-state index in [2.05, 4.69) is 39.4 Å². The molecule has 0 bridgehead atoms. The van der Waals surface area contributed by atoms with Crippen molar-refractivity contribution in [2.45, 2.75) is 31.6 Å². The lowest BCUT2D eigenvalue weighted by molar-refractivity contribution is 0.459. The molecule has 4 rings (SSSR count). The molecule has 22 heavy (non-hydrogen) atoms. The van der Waals surface area contributed by atoms with Crippen LogP contribution in [0.3, 0.4) is 0 Å². The summed E-state index contributed by atoms with van der Waals surface area (Å²) in [6.07, 6.45) is 11.4. The molecule has 1 aliphatic heterocycles. The van der Waals surface area contributed by atoms with Gasteiger partial charge in [0, 0.05) is 11.3 Å². The minimum Gasteiger partial charge on any atom is -0.317 e. The molecule has 0 saturated carbocycles. The maximum Gasteiger partial charge on any atom is 0.104 e. The SMILES string of the molecule is C1=CC(c2cc(-c3csc(C4CCNCC4)n3)ns2)=CCC1. The van der Waals surface area contributed by atoms with Crippen LogP contribution in [0, 0.1) is 0 Å². The molecule has 2 aliphatic rings. The predicted octanol–water partition coefficient (Wildman–Crippen LogP) is 4.47. The largest absolute Gasteiger partial charge is 0.317 e.